The van der Waals surface area contributed by atoms with E-state index < -0.39 is 0 Å². The van der Waals surface area contributed by atoms with E-state index in [2.05, 4.69) is 77.6 Å². The van der Waals surface area contributed by atoms with Crippen LogP contribution in [-0.2, 0) is 0 Å². The first-order valence-corrected chi connectivity index (χ1v) is 13.7. The summed E-state index contributed by atoms with van der Waals surface area (Å²) in [5.41, 5.74) is 6.32. The SMILES string of the molecule is CCCCCCCCCCCCN1CC=C(/C=C/c2c[nH]c3ccc(OC)cc23)c2ccccc21. The van der Waals surface area contributed by atoms with E-state index in [0.29, 0.717) is 0 Å². The van der Waals surface area contributed by atoms with Gasteiger partial charge in [-0.3, -0.25) is 0 Å². The molecule has 0 amide bonds. The van der Waals surface area contributed by atoms with Gasteiger partial charge >= 0.3 is 0 Å². The first-order chi connectivity index (χ1) is 17.3. The Kier molecular flexibility index (Phi) is 9.51. The summed E-state index contributed by atoms with van der Waals surface area (Å²) in [6.07, 6.45) is 22.8. The van der Waals surface area contributed by atoms with Gasteiger partial charge in [-0.15, -0.1) is 0 Å². The van der Waals surface area contributed by atoms with E-state index in [0.717, 1.165) is 24.4 Å². The van der Waals surface area contributed by atoms with Crippen LogP contribution in [0.3, 0.4) is 0 Å². The summed E-state index contributed by atoms with van der Waals surface area (Å²) in [6.45, 7) is 4.41. The van der Waals surface area contributed by atoms with Crippen molar-refractivity contribution in [1.29, 1.82) is 0 Å². The smallest absolute Gasteiger partial charge is 0.119 e. The number of nitrogens with zero attached hydrogens (tertiary/aromatic N) is 1. The second-order valence-electron chi connectivity index (χ2n) is 9.79. The first kappa shape index (κ1) is 25.2. The number of benzene rings is 2. The van der Waals surface area contributed by atoms with Crippen molar-refractivity contribution < 1.29 is 4.74 Å². The minimum absolute atomic E-state index is 0.886. The van der Waals surface area contributed by atoms with E-state index in [1.54, 1.807) is 7.11 Å². The zero-order chi connectivity index (χ0) is 24.3. The Morgan fingerprint density at radius 2 is 1.63 bits per heavy atom. The highest BCUT2D eigenvalue weighted by Gasteiger charge is 2.16. The Labute approximate surface area is 211 Å². The van der Waals surface area contributed by atoms with Gasteiger partial charge in [0.15, 0.2) is 0 Å². The molecule has 186 valence electrons. The third-order valence-electron chi connectivity index (χ3n) is 7.23. The second kappa shape index (κ2) is 13.2. The standard InChI is InChI=1S/C32H42N2O/c1-3-4-5-6-7-8-9-10-11-14-22-34-23-21-26(29-15-12-13-16-32(29)34)17-18-27-25-33-31-20-19-28(35-2)24-30(27)31/h12-13,15-21,24-25,33H,3-11,14,22-23H2,1-2H3/b18-17+. The molecule has 0 atom stereocenters. The molecular formula is C32H42N2O. The van der Waals surface area contributed by atoms with E-state index in [4.69, 9.17) is 4.74 Å². The number of allylic oxidation sites excluding steroid dienone is 2. The van der Waals surface area contributed by atoms with Gasteiger partial charge in [-0.1, -0.05) is 101 Å². The minimum Gasteiger partial charge on any atom is -0.497 e. The van der Waals surface area contributed by atoms with Crippen molar-refractivity contribution >= 4 is 28.2 Å². The van der Waals surface area contributed by atoms with E-state index in [9.17, 15) is 0 Å². The predicted octanol–water partition coefficient (Wildman–Crippen LogP) is 9.01. The van der Waals surface area contributed by atoms with Gasteiger partial charge in [0, 0.05) is 41.4 Å². The molecule has 1 aliphatic heterocycles. The number of nitrogens with one attached hydrogen (secondary N) is 1. The van der Waals surface area contributed by atoms with Crippen molar-refractivity contribution in [2.24, 2.45) is 0 Å². The third kappa shape index (κ3) is 6.81. The van der Waals surface area contributed by atoms with Crippen molar-refractivity contribution in [2.45, 2.75) is 71.1 Å². The number of anilines is 1. The van der Waals surface area contributed by atoms with E-state index in [1.165, 1.54) is 92.0 Å². The molecule has 0 saturated carbocycles. The molecule has 3 heteroatoms. The molecule has 1 aromatic heterocycles. The summed E-state index contributed by atoms with van der Waals surface area (Å²) in [7, 11) is 1.72. The molecule has 1 N–H and O–H groups in total. The highest BCUT2D eigenvalue weighted by molar-refractivity contribution is 5.93. The number of ether oxygens (including phenoxy) is 1. The lowest BCUT2D eigenvalue weighted by molar-refractivity contribution is 0.415. The molecule has 0 saturated heterocycles. The summed E-state index contributed by atoms with van der Waals surface area (Å²) in [6, 6.07) is 15.0. The Morgan fingerprint density at radius 1 is 0.886 bits per heavy atom. The molecular weight excluding hydrogens is 428 g/mol. The molecule has 4 rings (SSSR count). The lowest BCUT2D eigenvalue weighted by atomic mass is 9.97. The first-order valence-electron chi connectivity index (χ1n) is 13.7. The van der Waals surface area contributed by atoms with Crippen LogP contribution < -0.4 is 9.64 Å². The third-order valence-corrected chi connectivity index (χ3v) is 7.23. The van der Waals surface area contributed by atoms with Crippen molar-refractivity contribution in [3.05, 3.63) is 71.9 Å². The molecule has 0 spiro atoms. The fourth-order valence-corrected chi connectivity index (χ4v) is 5.14. The molecule has 0 bridgehead atoms. The fourth-order valence-electron chi connectivity index (χ4n) is 5.14. The minimum atomic E-state index is 0.886. The molecule has 35 heavy (non-hydrogen) atoms. The summed E-state index contributed by atoms with van der Waals surface area (Å²) >= 11 is 0. The van der Waals surface area contributed by atoms with Gasteiger partial charge in [-0.05, 0) is 41.8 Å². The topological polar surface area (TPSA) is 28.3 Å². The lowest BCUT2D eigenvalue weighted by Crippen LogP contribution is -2.28. The molecule has 0 fully saturated rings. The Bertz CT molecular complexity index is 1120. The second-order valence-corrected chi connectivity index (χ2v) is 9.79. The highest BCUT2D eigenvalue weighted by Crippen LogP contribution is 2.33. The van der Waals surface area contributed by atoms with Gasteiger partial charge in [0.2, 0.25) is 0 Å². The molecule has 0 aliphatic carbocycles. The van der Waals surface area contributed by atoms with Gasteiger partial charge in [0.1, 0.15) is 5.75 Å². The van der Waals surface area contributed by atoms with Gasteiger partial charge < -0.3 is 14.6 Å². The number of rotatable bonds is 14. The number of H-pyrrole nitrogens is 1. The monoisotopic (exact) mass is 470 g/mol. The normalized spacial score (nSPS) is 13.4. The number of fused-ring (bicyclic) bond motifs is 2. The van der Waals surface area contributed by atoms with E-state index in [-0.39, 0.29) is 0 Å². The lowest BCUT2D eigenvalue weighted by Gasteiger charge is -2.30. The molecule has 1 aliphatic rings. The molecule has 2 aromatic carbocycles. The van der Waals surface area contributed by atoms with Crippen LogP contribution in [0.25, 0.3) is 22.6 Å². The number of unbranched alkanes of at least 4 members (excludes halogenated alkanes) is 9. The Hall–Kier alpha value is -2.94. The largest absolute Gasteiger partial charge is 0.497 e. The molecule has 2 heterocycles. The van der Waals surface area contributed by atoms with Crippen LogP contribution in [0.15, 0.2) is 60.8 Å². The number of hydrogen-bond donors (Lipinski definition) is 1. The molecule has 3 nitrogen and oxygen atoms in total. The highest BCUT2D eigenvalue weighted by atomic mass is 16.5. The number of methoxy groups -OCH3 is 1. The van der Waals surface area contributed by atoms with Crippen molar-refractivity contribution in [2.75, 3.05) is 25.1 Å². The summed E-state index contributed by atoms with van der Waals surface area (Å²) < 4.78 is 5.42. The Morgan fingerprint density at radius 3 is 2.40 bits per heavy atom. The summed E-state index contributed by atoms with van der Waals surface area (Å²) in [5.74, 6) is 0.886. The van der Waals surface area contributed by atoms with Crippen LogP contribution >= 0.6 is 0 Å². The maximum absolute atomic E-state index is 5.42. The summed E-state index contributed by atoms with van der Waals surface area (Å²) in [4.78, 5) is 5.92. The van der Waals surface area contributed by atoms with Crippen LogP contribution in [0, 0.1) is 0 Å². The maximum atomic E-state index is 5.42. The van der Waals surface area contributed by atoms with Crippen LogP contribution in [0.4, 0.5) is 5.69 Å². The number of para-hydroxylation sites is 1. The molecule has 3 aromatic rings. The van der Waals surface area contributed by atoms with Crippen molar-refractivity contribution in [3.8, 4) is 5.75 Å². The van der Waals surface area contributed by atoms with Crippen LogP contribution in [0.1, 0.15) is 82.3 Å². The van der Waals surface area contributed by atoms with Gasteiger partial charge in [-0.25, -0.2) is 0 Å². The van der Waals surface area contributed by atoms with Crippen LogP contribution in [-0.4, -0.2) is 25.2 Å². The molecule has 0 radical (unpaired) electrons. The zero-order valence-electron chi connectivity index (χ0n) is 21.7. The average molecular weight is 471 g/mol. The molecule has 0 unspecified atom stereocenters. The van der Waals surface area contributed by atoms with Gasteiger partial charge in [0.05, 0.1) is 7.11 Å². The fraction of sp³-hybridized carbons (Fsp3) is 0.438. The quantitative estimate of drug-likeness (QED) is 0.238. The van der Waals surface area contributed by atoms with Gasteiger partial charge in [-0.2, -0.15) is 0 Å². The van der Waals surface area contributed by atoms with Crippen molar-refractivity contribution in [1.82, 2.24) is 4.98 Å². The van der Waals surface area contributed by atoms with Gasteiger partial charge in [0.25, 0.3) is 0 Å². The van der Waals surface area contributed by atoms with E-state index >= 15 is 0 Å². The van der Waals surface area contributed by atoms with Crippen molar-refractivity contribution in [3.63, 3.8) is 0 Å². The maximum Gasteiger partial charge on any atom is 0.119 e. The zero-order valence-corrected chi connectivity index (χ0v) is 21.7. The predicted molar refractivity (Wildman–Crippen MR) is 152 cm³/mol. The number of aromatic nitrogens is 1. The van der Waals surface area contributed by atoms with Crippen LogP contribution in [0.5, 0.6) is 5.75 Å². The summed E-state index contributed by atoms with van der Waals surface area (Å²) in [5, 5.41) is 1.19. The van der Waals surface area contributed by atoms with E-state index in [1.807, 2.05) is 6.07 Å². The average Bonchev–Trinajstić information content (AvgIpc) is 3.31. The van der Waals surface area contributed by atoms with Crippen LogP contribution in [0.2, 0.25) is 0 Å². The number of aromatic amines is 1. The Balaban J connectivity index is 1.31. The number of hydrogen-bond acceptors (Lipinski definition) is 2.